The van der Waals surface area contributed by atoms with Crippen LogP contribution in [0.1, 0.15) is 25.0 Å². The van der Waals surface area contributed by atoms with Gasteiger partial charge in [-0.25, -0.2) is 0 Å². The normalized spacial score (nSPS) is 12.0. The predicted octanol–water partition coefficient (Wildman–Crippen LogP) is 2.06. The van der Waals surface area contributed by atoms with Crippen LogP contribution in [0.3, 0.4) is 0 Å². The highest BCUT2D eigenvalue weighted by molar-refractivity contribution is 5.02. The van der Waals surface area contributed by atoms with Gasteiger partial charge in [0.1, 0.15) is 0 Å². The maximum atomic E-state index is 12.1. The monoisotopic (exact) mass is 222 g/mol. The van der Waals surface area contributed by atoms with E-state index in [-0.39, 0.29) is 6.61 Å². The number of alkyl halides is 3. The molecule has 0 saturated carbocycles. The second-order valence-corrected chi connectivity index (χ2v) is 3.25. The zero-order valence-corrected chi connectivity index (χ0v) is 8.17. The molecular formula is C9H13F3N2O. The summed E-state index contributed by atoms with van der Waals surface area (Å²) < 4.78 is 37.7. The van der Waals surface area contributed by atoms with Crippen LogP contribution in [-0.2, 0) is 12.7 Å². The SMILES string of the molecule is OCCCCCn1ccc(C(F)(F)F)n1. The molecule has 0 aromatic carbocycles. The minimum Gasteiger partial charge on any atom is -0.396 e. The van der Waals surface area contributed by atoms with Gasteiger partial charge in [-0.2, -0.15) is 18.3 Å². The fraction of sp³-hybridized carbons (Fsp3) is 0.667. The molecule has 1 heterocycles. The van der Waals surface area contributed by atoms with E-state index in [1.807, 2.05) is 0 Å². The summed E-state index contributed by atoms with van der Waals surface area (Å²) in [5.41, 5.74) is -0.857. The van der Waals surface area contributed by atoms with Crippen molar-refractivity contribution in [3.05, 3.63) is 18.0 Å². The van der Waals surface area contributed by atoms with E-state index in [4.69, 9.17) is 5.11 Å². The number of aryl methyl sites for hydroxylation is 1. The van der Waals surface area contributed by atoms with Crippen LogP contribution < -0.4 is 0 Å². The second kappa shape index (κ2) is 5.16. The lowest BCUT2D eigenvalue weighted by molar-refractivity contribution is -0.141. The zero-order valence-electron chi connectivity index (χ0n) is 8.17. The van der Waals surface area contributed by atoms with E-state index in [1.54, 1.807) is 0 Å². The molecule has 86 valence electrons. The Morgan fingerprint density at radius 1 is 1.27 bits per heavy atom. The van der Waals surface area contributed by atoms with Crippen LogP contribution in [0.4, 0.5) is 13.2 Å². The Morgan fingerprint density at radius 2 is 2.00 bits per heavy atom. The molecule has 0 fully saturated rings. The number of aliphatic hydroxyl groups is 1. The zero-order chi connectivity index (χ0) is 11.3. The van der Waals surface area contributed by atoms with E-state index >= 15 is 0 Å². The highest BCUT2D eigenvalue weighted by atomic mass is 19.4. The van der Waals surface area contributed by atoms with Crippen molar-refractivity contribution < 1.29 is 18.3 Å². The fourth-order valence-corrected chi connectivity index (χ4v) is 1.20. The Hall–Kier alpha value is -1.04. The lowest BCUT2D eigenvalue weighted by atomic mass is 10.2. The highest BCUT2D eigenvalue weighted by Gasteiger charge is 2.33. The van der Waals surface area contributed by atoms with Crippen molar-refractivity contribution in [1.29, 1.82) is 0 Å². The first kappa shape index (κ1) is 12.0. The molecule has 0 aliphatic carbocycles. The molecule has 0 saturated heterocycles. The third kappa shape index (κ3) is 3.91. The molecule has 1 aromatic heterocycles. The molecule has 0 spiro atoms. The Balaban J connectivity index is 2.40. The van der Waals surface area contributed by atoms with Crippen LogP contribution in [0.5, 0.6) is 0 Å². The van der Waals surface area contributed by atoms with Crippen LogP contribution in [0.15, 0.2) is 12.3 Å². The Morgan fingerprint density at radius 3 is 2.53 bits per heavy atom. The van der Waals surface area contributed by atoms with E-state index in [2.05, 4.69) is 5.10 Å². The third-order valence-corrected chi connectivity index (χ3v) is 1.98. The van der Waals surface area contributed by atoms with Gasteiger partial charge in [-0.15, -0.1) is 0 Å². The standard InChI is InChI=1S/C9H13F3N2O/c10-9(11,12)8-4-6-14(13-8)5-2-1-3-7-15/h4,6,15H,1-3,5,7H2. The number of aliphatic hydroxyl groups excluding tert-OH is 1. The summed E-state index contributed by atoms with van der Waals surface area (Å²) in [6, 6.07) is 0.964. The van der Waals surface area contributed by atoms with Crippen molar-refractivity contribution in [2.75, 3.05) is 6.61 Å². The summed E-state index contributed by atoms with van der Waals surface area (Å²) in [4.78, 5) is 0. The van der Waals surface area contributed by atoms with Gasteiger partial charge >= 0.3 is 6.18 Å². The number of nitrogens with zero attached hydrogens (tertiary/aromatic N) is 2. The molecule has 0 bridgehead atoms. The summed E-state index contributed by atoms with van der Waals surface area (Å²) in [5, 5.41) is 11.9. The Kier molecular flexibility index (Phi) is 4.14. The van der Waals surface area contributed by atoms with Crippen molar-refractivity contribution in [2.45, 2.75) is 32.0 Å². The van der Waals surface area contributed by atoms with Gasteiger partial charge in [-0.05, 0) is 25.3 Å². The highest BCUT2D eigenvalue weighted by Crippen LogP contribution is 2.27. The van der Waals surface area contributed by atoms with E-state index in [0.717, 1.165) is 18.9 Å². The first-order valence-electron chi connectivity index (χ1n) is 4.75. The number of unbranched alkanes of at least 4 members (excludes halogenated alkanes) is 2. The number of aromatic nitrogens is 2. The molecule has 1 aromatic rings. The molecule has 0 atom stereocenters. The van der Waals surface area contributed by atoms with Gasteiger partial charge in [0, 0.05) is 19.3 Å². The number of halogens is 3. The molecule has 0 unspecified atom stereocenters. The van der Waals surface area contributed by atoms with Crippen LogP contribution in [-0.4, -0.2) is 21.5 Å². The average Bonchev–Trinajstić information content (AvgIpc) is 2.60. The van der Waals surface area contributed by atoms with E-state index in [1.165, 1.54) is 10.9 Å². The first-order chi connectivity index (χ1) is 7.04. The average molecular weight is 222 g/mol. The number of rotatable bonds is 5. The molecule has 0 aliphatic heterocycles. The van der Waals surface area contributed by atoms with Gasteiger partial charge in [0.25, 0.3) is 0 Å². The maximum Gasteiger partial charge on any atom is 0.435 e. The molecular weight excluding hydrogens is 209 g/mol. The molecule has 1 N–H and O–H groups in total. The quantitative estimate of drug-likeness (QED) is 0.774. The molecule has 0 amide bonds. The van der Waals surface area contributed by atoms with E-state index in [9.17, 15) is 13.2 Å². The van der Waals surface area contributed by atoms with Crippen molar-refractivity contribution in [2.24, 2.45) is 0 Å². The predicted molar refractivity (Wildman–Crippen MR) is 48.2 cm³/mol. The minimum absolute atomic E-state index is 0.118. The van der Waals surface area contributed by atoms with Crippen LogP contribution in [0.2, 0.25) is 0 Å². The molecule has 0 aliphatic rings. The minimum atomic E-state index is -4.36. The first-order valence-corrected chi connectivity index (χ1v) is 4.75. The number of hydrogen-bond donors (Lipinski definition) is 1. The van der Waals surface area contributed by atoms with Gasteiger partial charge in [0.15, 0.2) is 5.69 Å². The van der Waals surface area contributed by atoms with Gasteiger partial charge in [0.2, 0.25) is 0 Å². The third-order valence-electron chi connectivity index (χ3n) is 1.98. The lowest BCUT2D eigenvalue weighted by Crippen LogP contribution is -2.08. The van der Waals surface area contributed by atoms with Crippen LogP contribution in [0, 0.1) is 0 Å². The summed E-state index contributed by atoms with van der Waals surface area (Å²) >= 11 is 0. The molecule has 0 radical (unpaired) electrons. The van der Waals surface area contributed by atoms with E-state index in [0.29, 0.717) is 13.0 Å². The lowest BCUT2D eigenvalue weighted by Gasteiger charge is -2.02. The van der Waals surface area contributed by atoms with Crippen LogP contribution >= 0.6 is 0 Å². The summed E-state index contributed by atoms with van der Waals surface area (Å²) in [6.45, 7) is 0.572. The summed E-state index contributed by atoms with van der Waals surface area (Å²) in [5.74, 6) is 0. The molecule has 15 heavy (non-hydrogen) atoms. The van der Waals surface area contributed by atoms with Crippen molar-refractivity contribution in [1.82, 2.24) is 9.78 Å². The Labute approximate surface area is 85.5 Å². The van der Waals surface area contributed by atoms with Gasteiger partial charge in [-0.3, -0.25) is 4.68 Å². The van der Waals surface area contributed by atoms with Gasteiger partial charge < -0.3 is 5.11 Å². The topological polar surface area (TPSA) is 38.0 Å². The van der Waals surface area contributed by atoms with Crippen LogP contribution in [0.25, 0.3) is 0 Å². The smallest absolute Gasteiger partial charge is 0.396 e. The Bertz CT molecular complexity index is 296. The summed E-state index contributed by atoms with van der Waals surface area (Å²) in [7, 11) is 0. The largest absolute Gasteiger partial charge is 0.435 e. The number of hydrogen-bond acceptors (Lipinski definition) is 2. The van der Waals surface area contributed by atoms with Gasteiger partial charge in [-0.1, -0.05) is 0 Å². The molecule has 1 rings (SSSR count). The van der Waals surface area contributed by atoms with Crippen molar-refractivity contribution >= 4 is 0 Å². The second-order valence-electron chi connectivity index (χ2n) is 3.25. The van der Waals surface area contributed by atoms with Crippen molar-refractivity contribution in [3.8, 4) is 0 Å². The molecule has 3 nitrogen and oxygen atoms in total. The van der Waals surface area contributed by atoms with E-state index < -0.39 is 11.9 Å². The summed E-state index contributed by atoms with van der Waals surface area (Å²) in [6.07, 6.45) is -0.858. The fourth-order valence-electron chi connectivity index (χ4n) is 1.20. The maximum absolute atomic E-state index is 12.1. The van der Waals surface area contributed by atoms with Gasteiger partial charge in [0.05, 0.1) is 0 Å². The van der Waals surface area contributed by atoms with Crippen molar-refractivity contribution in [3.63, 3.8) is 0 Å². The molecule has 6 heteroatoms.